The van der Waals surface area contributed by atoms with Crippen molar-refractivity contribution < 1.29 is 18.3 Å². The van der Waals surface area contributed by atoms with E-state index in [0.717, 1.165) is 40.2 Å². The fourth-order valence-corrected chi connectivity index (χ4v) is 3.52. The van der Waals surface area contributed by atoms with Crippen molar-refractivity contribution in [2.75, 3.05) is 6.61 Å². The van der Waals surface area contributed by atoms with Gasteiger partial charge in [-0.2, -0.15) is 18.3 Å². The predicted octanol–water partition coefficient (Wildman–Crippen LogP) is 4.75. The topological polar surface area (TPSA) is 50.9 Å². The molecule has 0 radical (unpaired) electrons. The molecule has 1 aromatic carbocycles. The molecule has 4 rings (SSSR count). The van der Waals surface area contributed by atoms with Crippen LogP contribution in [0, 0.1) is 6.92 Å². The van der Waals surface area contributed by atoms with Crippen LogP contribution in [0.25, 0.3) is 22.8 Å². The SMILES string of the molecule is Cc1cc(-c2cnn3c2C=C(c2ccc(C(F)(F)F)cc2)CC3CO)ccn1. The minimum atomic E-state index is -4.36. The molecule has 0 saturated heterocycles. The average molecular weight is 385 g/mol. The predicted molar refractivity (Wildman–Crippen MR) is 100 cm³/mol. The molecule has 0 fully saturated rings. The molecule has 2 aromatic heterocycles. The number of aryl methyl sites for hydroxylation is 1. The van der Waals surface area contributed by atoms with Crippen LogP contribution in [0.4, 0.5) is 13.2 Å². The third kappa shape index (κ3) is 3.33. The summed E-state index contributed by atoms with van der Waals surface area (Å²) in [7, 11) is 0. The molecular weight excluding hydrogens is 367 g/mol. The average Bonchev–Trinajstić information content (AvgIpc) is 3.10. The first-order chi connectivity index (χ1) is 13.4. The van der Waals surface area contributed by atoms with Crippen LogP contribution in [0.5, 0.6) is 0 Å². The van der Waals surface area contributed by atoms with Gasteiger partial charge in [-0.15, -0.1) is 0 Å². The zero-order chi connectivity index (χ0) is 19.9. The molecule has 3 heterocycles. The number of aromatic nitrogens is 3. The Morgan fingerprint density at radius 2 is 1.89 bits per heavy atom. The van der Waals surface area contributed by atoms with Gasteiger partial charge in [-0.3, -0.25) is 9.67 Å². The third-order valence-corrected chi connectivity index (χ3v) is 4.95. The van der Waals surface area contributed by atoms with Crippen molar-refractivity contribution in [3.05, 3.63) is 71.3 Å². The van der Waals surface area contributed by atoms with Gasteiger partial charge in [0.2, 0.25) is 0 Å². The highest BCUT2D eigenvalue weighted by Crippen LogP contribution is 2.38. The maximum atomic E-state index is 12.8. The molecule has 7 heteroatoms. The van der Waals surface area contributed by atoms with Crippen LogP contribution in [0.1, 0.15) is 35.0 Å². The van der Waals surface area contributed by atoms with Gasteiger partial charge in [0, 0.05) is 17.5 Å². The van der Waals surface area contributed by atoms with Crippen LogP contribution in [0.2, 0.25) is 0 Å². The molecule has 1 aliphatic rings. The Bertz CT molecular complexity index is 1040. The fourth-order valence-electron chi connectivity index (χ4n) is 3.52. The van der Waals surface area contributed by atoms with Crippen LogP contribution in [0.15, 0.2) is 48.8 Å². The molecule has 0 spiro atoms. The maximum Gasteiger partial charge on any atom is 0.416 e. The summed E-state index contributed by atoms with van der Waals surface area (Å²) in [4.78, 5) is 4.21. The highest BCUT2D eigenvalue weighted by molar-refractivity contribution is 5.87. The van der Waals surface area contributed by atoms with E-state index in [1.165, 1.54) is 12.1 Å². The van der Waals surface area contributed by atoms with E-state index in [1.807, 2.05) is 25.1 Å². The number of pyridine rings is 1. The summed E-state index contributed by atoms with van der Waals surface area (Å²) in [6, 6.07) is 8.70. The second kappa shape index (κ2) is 6.91. The first-order valence-electron chi connectivity index (χ1n) is 8.86. The number of aliphatic hydroxyl groups is 1. The molecule has 0 bridgehead atoms. The normalized spacial score (nSPS) is 16.6. The van der Waals surface area contributed by atoms with Gasteiger partial charge in [0.05, 0.1) is 30.1 Å². The standard InChI is InChI=1S/C21H18F3N3O/c1-13-8-15(6-7-25-13)19-11-26-27-18(12-28)9-16(10-20(19)27)14-2-4-17(5-3-14)21(22,23)24/h2-8,10-11,18,28H,9,12H2,1H3. The molecule has 4 nitrogen and oxygen atoms in total. The highest BCUT2D eigenvalue weighted by Gasteiger charge is 2.30. The number of benzene rings is 1. The first-order valence-corrected chi connectivity index (χ1v) is 8.86. The summed E-state index contributed by atoms with van der Waals surface area (Å²) in [6.07, 6.45) is 1.54. The van der Waals surface area contributed by atoms with Crippen LogP contribution in [-0.4, -0.2) is 26.5 Å². The summed E-state index contributed by atoms with van der Waals surface area (Å²) in [5.74, 6) is 0. The van der Waals surface area contributed by atoms with Crippen LogP contribution < -0.4 is 0 Å². The molecule has 1 aliphatic heterocycles. The van der Waals surface area contributed by atoms with E-state index in [-0.39, 0.29) is 12.6 Å². The van der Waals surface area contributed by atoms with Crippen molar-refractivity contribution in [1.82, 2.24) is 14.8 Å². The number of allylic oxidation sites excluding steroid dienone is 1. The lowest BCUT2D eigenvalue weighted by Crippen LogP contribution is -2.19. The van der Waals surface area contributed by atoms with Gasteiger partial charge in [-0.05, 0) is 60.4 Å². The van der Waals surface area contributed by atoms with Gasteiger partial charge in [-0.1, -0.05) is 12.1 Å². The number of fused-ring (bicyclic) bond motifs is 1. The Balaban J connectivity index is 1.78. The first kappa shape index (κ1) is 18.4. The summed E-state index contributed by atoms with van der Waals surface area (Å²) >= 11 is 0. The Hall–Kier alpha value is -2.93. The molecule has 144 valence electrons. The monoisotopic (exact) mass is 385 g/mol. The van der Waals surface area contributed by atoms with E-state index in [1.54, 1.807) is 17.1 Å². The molecule has 0 saturated carbocycles. The maximum absolute atomic E-state index is 12.8. The lowest BCUT2D eigenvalue weighted by atomic mass is 9.92. The Morgan fingerprint density at radius 1 is 1.14 bits per heavy atom. The number of nitrogens with zero attached hydrogens (tertiary/aromatic N) is 3. The molecule has 1 atom stereocenters. The largest absolute Gasteiger partial charge is 0.416 e. The Morgan fingerprint density at radius 3 is 2.54 bits per heavy atom. The fraction of sp³-hybridized carbons (Fsp3) is 0.238. The van der Waals surface area contributed by atoms with Gasteiger partial charge >= 0.3 is 6.18 Å². The summed E-state index contributed by atoms with van der Waals surface area (Å²) in [5.41, 5.74) is 4.45. The van der Waals surface area contributed by atoms with Gasteiger partial charge < -0.3 is 5.11 Å². The minimum absolute atomic E-state index is 0.110. The summed E-state index contributed by atoms with van der Waals surface area (Å²) in [6.45, 7) is 1.79. The van der Waals surface area contributed by atoms with E-state index in [0.29, 0.717) is 12.0 Å². The number of halogens is 3. The van der Waals surface area contributed by atoms with Crippen molar-refractivity contribution in [3.8, 4) is 11.1 Å². The van der Waals surface area contributed by atoms with Crippen LogP contribution >= 0.6 is 0 Å². The van der Waals surface area contributed by atoms with Gasteiger partial charge in [-0.25, -0.2) is 0 Å². The number of aliphatic hydroxyl groups excluding tert-OH is 1. The Kier molecular flexibility index (Phi) is 4.55. The molecule has 1 unspecified atom stereocenters. The van der Waals surface area contributed by atoms with Crippen LogP contribution in [0.3, 0.4) is 0 Å². The van der Waals surface area contributed by atoms with Crippen LogP contribution in [-0.2, 0) is 6.18 Å². The zero-order valence-electron chi connectivity index (χ0n) is 15.1. The van der Waals surface area contributed by atoms with E-state index in [9.17, 15) is 18.3 Å². The highest BCUT2D eigenvalue weighted by atomic mass is 19.4. The van der Waals surface area contributed by atoms with Crippen molar-refractivity contribution in [3.63, 3.8) is 0 Å². The second-order valence-electron chi connectivity index (χ2n) is 6.86. The molecule has 3 aromatic rings. The molecule has 0 amide bonds. The lowest BCUT2D eigenvalue weighted by molar-refractivity contribution is -0.137. The molecule has 28 heavy (non-hydrogen) atoms. The Labute approximate surface area is 160 Å². The van der Waals surface area contributed by atoms with Crippen molar-refractivity contribution >= 4 is 11.6 Å². The lowest BCUT2D eigenvalue weighted by Gasteiger charge is -2.24. The van der Waals surface area contributed by atoms with Crippen molar-refractivity contribution in [2.45, 2.75) is 25.6 Å². The summed E-state index contributed by atoms with van der Waals surface area (Å²) in [5, 5.41) is 14.3. The molecular formula is C21H18F3N3O. The molecule has 0 aliphatic carbocycles. The van der Waals surface area contributed by atoms with Crippen molar-refractivity contribution in [1.29, 1.82) is 0 Å². The smallest absolute Gasteiger partial charge is 0.394 e. The van der Waals surface area contributed by atoms with Crippen molar-refractivity contribution in [2.24, 2.45) is 0 Å². The number of hydrogen-bond acceptors (Lipinski definition) is 3. The number of rotatable bonds is 3. The van der Waals surface area contributed by atoms with E-state index >= 15 is 0 Å². The second-order valence-corrected chi connectivity index (χ2v) is 6.86. The van der Waals surface area contributed by atoms with Gasteiger partial charge in [0.15, 0.2) is 0 Å². The third-order valence-electron chi connectivity index (χ3n) is 4.95. The quantitative estimate of drug-likeness (QED) is 0.708. The zero-order valence-corrected chi connectivity index (χ0v) is 15.1. The van der Waals surface area contributed by atoms with Gasteiger partial charge in [0.25, 0.3) is 0 Å². The van der Waals surface area contributed by atoms with E-state index < -0.39 is 11.7 Å². The number of hydrogen-bond donors (Lipinski definition) is 1. The summed E-state index contributed by atoms with van der Waals surface area (Å²) < 4.78 is 40.3. The molecule has 1 N–H and O–H groups in total. The number of alkyl halides is 3. The van der Waals surface area contributed by atoms with E-state index in [4.69, 9.17) is 0 Å². The minimum Gasteiger partial charge on any atom is -0.394 e. The van der Waals surface area contributed by atoms with E-state index in [2.05, 4.69) is 10.1 Å². The van der Waals surface area contributed by atoms with Gasteiger partial charge in [0.1, 0.15) is 0 Å².